The maximum atomic E-state index is 15.2. The second-order valence-electron chi connectivity index (χ2n) is 8.67. The van der Waals surface area contributed by atoms with Crippen LogP contribution < -0.4 is 9.62 Å². The van der Waals surface area contributed by atoms with Crippen LogP contribution in [0.3, 0.4) is 0 Å². The standard InChI is InChI=1S/C24H24FN7O3S/c1-31(2)36(34,35)30-20-7-5-6-17(21(20)25)22(33)19-14-27-23-18(19)10-15(11-26-23)16-12-28-24(29-13-16)32-8-3-4-9-32/h5-7,10-14,30H,3-4,8-9H2,1-2H3,(H,26,27). The first-order valence-corrected chi connectivity index (χ1v) is 12.8. The second-order valence-corrected chi connectivity index (χ2v) is 10.6. The van der Waals surface area contributed by atoms with E-state index in [4.69, 9.17) is 0 Å². The normalized spacial score (nSPS) is 14.1. The van der Waals surface area contributed by atoms with E-state index in [2.05, 4.69) is 29.6 Å². The molecule has 5 rings (SSSR count). The summed E-state index contributed by atoms with van der Waals surface area (Å²) in [6, 6.07) is 5.76. The maximum absolute atomic E-state index is 15.2. The number of fused-ring (bicyclic) bond motifs is 1. The van der Waals surface area contributed by atoms with Crippen molar-refractivity contribution in [3.05, 3.63) is 66.0 Å². The summed E-state index contributed by atoms with van der Waals surface area (Å²) < 4.78 is 42.6. The quantitative estimate of drug-likeness (QED) is 0.367. The first kappa shape index (κ1) is 23.8. The van der Waals surface area contributed by atoms with Gasteiger partial charge in [-0.2, -0.15) is 12.7 Å². The Balaban J connectivity index is 1.47. The van der Waals surface area contributed by atoms with E-state index in [-0.39, 0.29) is 16.8 Å². The van der Waals surface area contributed by atoms with Crippen molar-refractivity contribution in [1.82, 2.24) is 24.2 Å². The maximum Gasteiger partial charge on any atom is 0.301 e. The van der Waals surface area contributed by atoms with Crippen molar-refractivity contribution in [3.63, 3.8) is 0 Å². The fraction of sp³-hybridized carbons (Fsp3) is 0.250. The SMILES string of the molecule is CN(C)S(=O)(=O)Nc1cccc(C(=O)c2c[nH]c3ncc(-c4cnc(N5CCCC5)nc4)cc23)c1F. The number of pyridine rings is 1. The predicted molar refractivity (Wildman–Crippen MR) is 135 cm³/mol. The lowest BCUT2D eigenvalue weighted by Crippen LogP contribution is -2.29. The molecule has 1 saturated heterocycles. The number of carbonyl (C=O) groups excluding carboxylic acids is 1. The lowest BCUT2D eigenvalue weighted by molar-refractivity contribution is 0.103. The second kappa shape index (κ2) is 9.28. The molecule has 186 valence electrons. The minimum atomic E-state index is -3.95. The van der Waals surface area contributed by atoms with Gasteiger partial charge in [-0.05, 0) is 31.0 Å². The fourth-order valence-electron chi connectivity index (χ4n) is 4.06. The molecule has 36 heavy (non-hydrogen) atoms. The van der Waals surface area contributed by atoms with Gasteiger partial charge in [-0.25, -0.2) is 19.3 Å². The largest absolute Gasteiger partial charge is 0.345 e. The molecule has 4 heterocycles. The number of halogens is 1. The van der Waals surface area contributed by atoms with Crippen molar-refractivity contribution in [2.45, 2.75) is 12.8 Å². The number of nitrogens with zero attached hydrogens (tertiary/aromatic N) is 5. The highest BCUT2D eigenvalue weighted by Gasteiger charge is 2.23. The van der Waals surface area contributed by atoms with E-state index in [0.717, 1.165) is 35.8 Å². The molecular formula is C24H24FN7O3S. The van der Waals surface area contributed by atoms with Crippen LogP contribution in [-0.4, -0.2) is 65.6 Å². The van der Waals surface area contributed by atoms with E-state index in [1.165, 1.54) is 38.5 Å². The van der Waals surface area contributed by atoms with Crippen LogP contribution in [0.5, 0.6) is 0 Å². The number of carbonyl (C=O) groups is 1. The molecular weight excluding hydrogens is 485 g/mol. The van der Waals surface area contributed by atoms with Crippen LogP contribution in [0.25, 0.3) is 22.2 Å². The molecule has 2 N–H and O–H groups in total. The molecule has 1 fully saturated rings. The molecule has 0 radical (unpaired) electrons. The van der Waals surface area contributed by atoms with Crippen LogP contribution in [0.2, 0.25) is 0 Å². The highest BCUT2D eigenvalue weighted by molar-refractivity contribution is 7.90. The zero-order chi connectivity index (χ0) is 25.4. The molecule has 0 saturated carbocycles. The van der Waals surface area contributed by atoms with Gasteiger partial charge in [0.1, 0.15) is 5.65 Å². The van der Waals surface area contributed by atoms with Gasteiger partial charge in [0.05, 0.1) is 11.3 Å². The van der Waals surface area contributed by atoms with E-state index < -0.39 is 21.8 Å². The van der Waals surface area contributed by atoms with E-state index in [1.807, 2.05) is 0 Å². The molecule has 0 bridgehead atoms. The van der Waals surface area contributed by atoms with Crippen molar-refractivity contribution in [3.8, 4) is 11.1 Å². The van der Waals surface area contributed by atoms with Gasteiger partial charge >= 0.3 is 10.2 Å². The average Bonchev–Trinajstić information content (AvgIpc) is 3.55. The highest BCUT2D eigenvalue weighted by atomic mass is 32.2. The van der Waals surface area contributed by atoms with Gasteiger partial charge in [-0.3, -0.25) is 9.52 Å². The summed E-state index contributed by atoms with van der Waals surface area (Å²) in [6.45, 7) is 1.88. The average molecular weight is 510 g/mol. The molecule has 1 aromatic carbocycles. The van der Waals surface area contributed by atoms with Gasteiger partial charge < -0.3 is 9.88 Å². The zero-order valence-electron chi connectivity index (χ0n) is 19.7. The molecule has 3 aromatic heterocycles. The molecule has 0 unspecified atom stereocenters. The fourth-order valence-corrected chi connectivity index (χ4v) is 4.68. The molecule has 0 spiro atoms. The predicted octanol–water partition coefficient (Wildman–Crippen LogP) is 3.21. The van der Waals surface area contributed by atoms with Gasteiger partial charge in [0, 0.05) is 74.0 Å². The van der Waals surface area contributed by atoms with Gasteiger partial charge in [0.2, 0.25) is 5.95 Å². The van der Waals surface area contributed by atoms with Crippen molar-refractivity contribution in [1.29, 1.82) is 0 Å². The number of benzene rings is 1. The van der Waals surface area contributed by atoms with Crippen LogP contribution in [-0.2, 0) is 10.2 Å². The Morgan fingerprint density at radius 1 is 1.06 bits per heavy atom. The van der Waals surface area contributed by atoms with E-state index >= 15 is 4.39 Å². The number of anilines is 2. The minimum Gasteiger partial charge on any atom is -0.345 e. The number of H-pyrrole nitrogens is 1. The first-order chi connectivity index (χ1) is 17.2. The van der Waals surface area contributed by atoms with Crippen molar-refractivity contribution in [2.75, 3.05) is 36.8 Å². The Kier molecular flexibility index (Phi) is 6.14. The molecule has 1 aliphatic rings. The zero-order valence-corrected chi connectivity index (χ0v) is 20.5. The molecule has 0 amide bonds. The summed E-state index contributed by atoms with van der Waals surface area (Å²) in [5, 5.41) is 0.500. The highest BCUT2D eigenvalue weighted by Crippen LogP contribution is 2.28. The number of aromatic nitrogens is 4. The van der Waals surface area contributed by atoms with Crippen LogP contribution in [0.15, 0.2) is 49.1 Å². The van der Waals surface area contributed by atoms with Gasteiger partial charge in [0.25, 0.3) is 0 Å². The minimum absolute atomic E-state index is 0.209. The molecule has 1 aliphatic heterocycles. The number of aromatic amines is 1. The van der Waals surface area contributed by atoms with Crippen molar-refractivity contribution < 1.29 is 17.6 Å². The Bertz CT molecular complexity index is 1550. The Morgan fingerprint density at radius 3 is 2.44 bits per heavy atom. The van der Waals surface area contributed by atoms with Gasteiger partial charge in [-0.1, -0.05) is 6.07 Å². The number of hydrogen-bond acceptors (Lipinski definition) is 7. The van der Waals surface area contributed by atoms with Crippen LogP contribution >= 0.6 is 0 Å². The van der Waals surface area contributed by atoms with Gasteiger partial charge in [-0.15, -0.1) is 0 Å². The Morgan fingerprint density at radius 2 is 1.75 bits per heavy atom. The van der Waals surface area contributed by atoms with Crippen molar-refractivity contribution in [2.24, 2.45) is 0 Å². The third-order valence-corrected chi connectivity index (χ3v) is 7.54. The molecule has 12 heteroatoms. The number of hydrogen-bond donors (Lipinski definition) is 2. The summed E-state index contributed by atoms with van der Waals surface area (Å²) in [5.74, 6) is -0.885. The lowest BCUT2D eigenvalue weighted by atomic mass is 10.0. The van der Waals surface area contributed by atoms with Gasteiger partial charge in [0.15, 0.2) is 11.6 Å². The summed E-state index contributed by atoms with van der Waals surface area (Å²) in [5.41, 5.74) is 1.53. The topological polar surface area (TPSA) is 124 Å². The molecule has 4 aromatic rings. The summed E-state index contributed by atoms with van der Waals surface area (Å²) in [7, 11) is -1.32. The number of nitrogens with one attached hydrogen (secondary N) is 2. The smallest absolute Gasteiger partial charge is 0.301 e. The summed E-state index contributed by atoms with van der Waals surface area (Å²) in [4.78, 5) is 31.8. The Labute approximate surface area is 207 Å². The van der Waals surface area contributed by atoms with Crippen LogP contribution in [0, 0.1) is 5.82 Å². The number of ketones is 1. The van der Waals surface area contributed by atoms with E-state index in [1.54, 1.807) is 24.7 Å². The third-order valence-electron chi connectivity index (χ3n) is 6.10. The van der Waals surface area contributed by atoms with E-state index in [0.29, 0.717) is 22.5 Å². The molecule has 0 atom stereocenters. The Hall–Kier alpha value is -3.90. The van der Waals surface area contributed by atoms with Crippen LogP contribution in [0.1, 0.15) is 28.8 Å². The lowest BCUT2D eigenvalue weighted by Gasteiger charge is -2.15. The number of rotatable bonds is 7. The first-order valence-electron chi connectivity index (χ1n) is 11.3. The molecule has 10 nitrogen and oxygen atoms in total. The third kappa shape index (κ3) is 4.40. The summed E-state index contributed by atoms with van der Waals surface area (Å²) in [6.07, 6.45) is 8.81. The summed E-state index contributed by atoms with van der Waals surface area (Å²) >= 11 is 0. The molecule has 0 aliphatic carbocycles. The van der Waals surface area contributed by atoms with Crippen molar-refractivity contribution >= 4 is 38.7 Å². The van der Waals surface area contributed by atoms with Crippen LogP contribution in [0.4, 0.5) is 16.0 Å². The van der Waals surface area contributed by atoms with E-state index in [9.17, 15) is 13.2 Å². The monoisotopic (exact) mass is 509 g/mol.